The first-order valence-corrected chi connectivity index (χ1v) is 11.4. The second kappa shape index (κ2) is 7.25. The molecule has 2 aliphatic heterocycles. The van der Waals surface area contributed by atoms with Gasteiger partial charge in [0.15, 0.2) is 0 Å². The Hall–Kier alpha value is -3.49. The van der Waals surface area contributed by atoms with Crippen LogP contribution >= 0.6 is 15.9 Å². The van der Waals surface area contributed by atoms with Crippen molar-refractivity contribution in [1.82, 2.24) is 0 Å². The molecule has 0 bridgehead atoms. The van der Waals surface area contributed by atoms with E-state index in [0.29, 0.717) is 10.0 Å². The van der Waals surface area contributed by atoms with Gasteiger partial charge in [-0.2, -0.15) is 0 Å². The Morgan fingerprint density at radius 2 is 1.47 bits per heavy atom. The van der Waals surface area contributed by atoms with Crippen LogP contribution in [0.25, 0.3) is 0 Å². The summed E-state index contributed by atoms with van der Waals surface area (Å²) in [7, 11) is 0. The number of halogens is 2. The number of hydrogen-bond acceptors (Lipinski definition) is 5. The number of amides is 2. The molecule has 3 atom stereocenters. The molecule has 3 aromatic rings. The van der Waals surface area contributed by atoms with Gasteiger partial charge in [-0.15, -0.1) is 0 Å². The second-order valence-electron chi connectivity index (χ2n) is 8.52. The van der Waals surface area contributed by atoms with Crippen LogP contribution in [-0.2, 0) is 14.3 Å². The van der Waals surface area contributed by atoms with E-state index in [9.17, 15) is 23.6 Å². The second-order valence-corrected chi connectivity index (χ2v) is 9.44. The van der Waals surface area contributed by atoms with Crippen molar-refractivity contribution in [3.63, 3.8) is 0 Å². The van der Waals surface area contributed by atoms with Crippen LogP contribution in [0.5, 0.6) is 0 Å². The van der Waals surface area contributed by atoms with Gasteiger partial charge in [0.2, 0.25) is 29.0 Å². The van der Waals surface area contributed by atoms with E-state index in [1.165, 1.54) is 24.3 Å². The lowest BCUT2D eigenvalue weighted by molar-refractivity contribution is -0.127. The van der Waals surface area contributed by atoms with Gasteiger partial charge in [-0.1, -0.05) is 52.3 Å². The van der Waals surface area contributed by atoms with Crippen molar-refractivity contribution >= 4 is 45.0 Å². The summed E-state index contributed by atoms with van der Waals surface area (Å²) in [5.74, 6) is -5.53. The van der Waals surface area contributed by atoms with Gasteiger partial charge >= 0.3 is 0 Å². The zero-order valence-electron chi connectivity index (χ0n) is 17.4. The minimum Gasteiger partial charge on any atom is -0.349 e. The highest BCUT2D eigenvalue weighted by atomic mass is 79.9. The topological polar surface area (TPSA) is 80.8 Å². The summed E-state index contributed by atoms with van der Waals surface area (Å²) in [5, 5.41) is 0. The molecule has 3 aliphatic rings. The van der Waals surface area contributed by atoms with Crippen molar-refractivity contribution in [2.24, 2.45) is 11.8 Å². The SMILES string of the molecule is O=C1C2C(c3cccc(Br)c3)OC3(C(=O)c4ccccc4C3=O)C2C(=O)N1c1ccc(F)cc1. The molecule has 6 nitrogen and oxygen atoms in total. The van der Waals surface area contributed by atoms with Crippen molar-refractivity contribution < 1.29 is 28.3 Å². The van der Waals surface area contributed by atoms with Gasteiger partial charge in [-0.25, -0.2) is 9.29 Å². The Morgan fingerprint density at radius 3 is 2.09 bits per heavy atom. The Bertz CT molecular complexity index is 1380. The molecule has 2 amide bonds. The van der Waals surface area contributed by atoms with Gasteiger partial charge in [0.25, 0.3) is 0 Å². The summed E-state index contributed by atoms with van der Waals surface area (Å²) in [4.78, 5) is 55.7. The van der Waals surface area contributed by atoms with E-state index in [1.54, 1.807) is 36.4 Å². The largest absolute Gasteiger partial charge is 0.349 e. The maximum Gasteiger partial charge on any atom is 0.241 e. The van der Waals surface area contributed by atoms with Crippen LogP contribution in [0.4, 0.5) is 10.1 Å². The molecule has 8 heteroatoms. The van der Waals surface area contributed by atoms with Gasteiger partial charge in [0.1, 0.15) is 5.82 Å². The number of imide groups is 1. The lowest BCUT2D eigenvalue weighted by Crippen LogP contribution is -2.51. The molecule has 1 spiro atoms. The van der Waals surface area contributed by atoms with Crippen LogP contribution in [-0.4, -0.2) is 29.0 Å². The van der Waals surface area contributed by atoms with Crippen molar-refractivity contribution in [2.75, 3.05) is 4.90 Å². The summed E-state index contributed by atoms with van der Waals surface area (Å²) in [6, 6.07) is 18.2. The third-order valence-corrected chi connectivity index (χ3v) is 7.27. The number of nitrogens with zero attached hydrogens (tertiary/aromatic N) is 1. The summed E-state index contributed by atoms with van der Waals surface area (Å²) < 4.78 is 20.4. The zero-order chi connectivity index (χ0) is 23.8. The number of benzene rings is 3. The van der Waals surface area contributed by atoms with E-state index >= 15 is 0 Å². The standard InChI is InChI=1S/C26H15BrFNO5/c27-14-5-3-4-13(12-14)21-19-20(25(33)29(24(19)32)16-10-8-15(28)9-11-16)26(34-21)22(30)17-6-1-2-7-18(17)23(26)31/h1-12,19-21H. The van der Waals surface area contributed by atoms with Crippen LogP contribution in [0.1, 0.15) is 32.4 Å². The zero-order valence-corrected chi connectivity index (χ0v) is 19.0. The minimum absolute atomic E-state index is 0.168. The first-order valence-electron chi connectivity index (χ1n) is 10.6. The lowest BCUT2D eigenvalue weighted by atomic mass is 9.77. The molecule has 34 heavy (non-hydrogen) atoms. The van der Waals surface area contributed by atoms with Crippen LogP contribution in [0, 0.1) is 17.7 Å². The Morgan fingerprint density at radius 1 is 0.824 bits per heavy atom. The predicted octanol–water partition coefficient (Wildman–Crippen LogP) is 4.28. The summed E-state index contributed by atoms with van der Waals surface area (Å²) in [6.07, 6.45) is -1.01. The van der Waals surface area contributed by atoms with Gasteiger partial charge in [-0.05, 0) is 42.0 Å². The minimum atomic E-state index is -2.14. The fourth-order valence-corrected chi connectivity index (χ4v) is 5.76. The van der Waals surface area contributed by atoms with E-state index in [0.717, 1.165) is 17.0 Å². The molecule has 2 fully saturated rings. The van der Waals surface area contributed by atoms with Crippen molar-refractivity contribution in [1.29, 1.82) is 0 Å². The molecule has 0 saturated carbocycles. The molecule has 2 saturated heterocycles. The van der Waals surface area contributed by atoms with Gasteiger partial charge < -0.3 is 4.74 Å². The Labute approximate surface area is 201 Å². The van der Waals surface area contributed by atoms with Crippen molar-refractivity contribution in [3.8, 4) is 0 Å². The van der Waals surface area contributed by atoms with E-state index in [-0.39, 0.29) is 16.8 Å². The van der Waals surface area contributed by atoms with Gasteiger partial charge in [0, 0.05) is 15.6 Å². The first kappa shape index (κ1) is 21.1. The average molecular weight is 520 g/mol. The number of rotatable bonds is 2. The number of fused-ring (bicyclic) bond motifs is 3. The number of ether oxygens (including phenoxy) is 1. The first-order chi connectivity index (χ1) is 16.3. The third-order valence-electron chi connectivity index (χ3n) is 6.78. The summed E-state index contributed by atoms with van der Waals surface area (Å²) >= 11 is 3.40. The monoisotopic (exact) mass is 519 g/mol. The molecule has 168 valence electrons. The number of hydrogen-bond donors (Lipinski definition) is 0. The molecule has 3 unspecified atom stereocenters. The molecular formula is C26H15BrFNO5. The molecule has 3 aromatic carbocycles. The normalized spacial score (nSPS) is 24.8. The molecule has 6 rings (SSSR count). The van der Waals surface area contributed by atoms with Crippen molar-refractivity contribution in [2.45, 2.75) is 11.7 Å². The van der Waals surface area contributed by atoms with Crippen LogP contribution in [0.15, 0.2) is 77.3 Å². The van der Waals surface area contributed by atoms with Crippen LogP contribution in [0.3, 0.4) is 0 Å². The smallest absolute Gasteiger partial charge is 0.241 e. The highest BCUT2D eigenvalue weighted by molar-refractivity contribution is 9.10. The number of carbonyl (C=O) groups excluding carboxylic acids is 4. The Balaban J connectivity index is 1.55. The fourth-order valence-electron chi connectivity index (χ4n) is 5.35. The molecule has 0 N–H and O–H groups in total. The number of ketones is 2. The van der Waals surface area contributed by atoms with Crippen LogP contribution in [0.2, 0.25) is 0 Å². The van der Waals surface area contributed by atoms with Gasteiger partial charge in [-0.3, -0.25) is 19.2 Å². The molecule has 0 radical (unpaired) electrons. The van der Waals surface area contributed by atoms with E-state index in [4.69, 9.17) is 4.74 Å². The fraction of sp³-hybridized carbons (Fsp3) is 0.154. The number of carbonyl (C=O) groups is 4. The molecule has 1 aliphatic carbocycles. The molecule has 2 heterocycles. The average Bonchev–Trinajstić information content (AvgIpc) is 3.40. The quantitative estimate of drug-likeness (QED) is 0.372. The Kier molecular flexibility index (Phi) is 4.49. The van der Waals surface area contributed by atoms with Crippen molar-refractivity contribution in [3.05, 3.63) is 99.8 Å². The predicted molar refractivity (Wildman–Crippen MR) is 122 cm³/mol. The van der Waals surface area contributed by atoms with Gasteiger partial charge in [0.05, 0.1) is 23.6 Å². The third kappa shape index (κ3) is 2.63. The van der Waals surface area contributed by atoms with E-state index in [2.05, 4.69) is 15.9 Å². The maximum absolute atomic E-state index is 13.7. The van der Waals surface area contributed by atoms with E-state index in [1.807, 2.05) is 0 Å². The van der Waals surface area contributed by atoms with E-state index < -0.39 is 52.7 Å². The summed E-state index contributed by atoms with van der Waals surface area (Å²) in [6.45, 7) is 0. The van der Waals surface area contributed by atoms with Crippen LogP contribution < -0.4 is 4.90 Å². The summed E-state index contributed by atoms with van der Waals surface area (Å²) in [5.41, 5.74) is -1.07. The maximum atomic E-state index is 13.7. The molecular weight excluding hydrogens is 505 g/mol. The molecule has 0 aromatic heterocycles. The highest BCUT2D eigenvalue weighted by Gasteiger charge is 2.74. The number of anilines is 1. The number of Topliss-reactive ketones (excluding diaryl/α,β-unsaturated/α-hetero) is 2. The lowest BCUT2D eigenvalue weighted by Gasteiger charge is -2.27. The highest BCUT2D eigenvalue weighted by Crippen LogP contribution is 2.57.